The number of nitro benzene ring substituents is 1. The van der Waals surface area contributed by atoms with Crippen molar-refractivity contribution in [3.8, 4) is 17.2 Å². The highest BCUT2D eigenvalue weighted by molar-refractivity contribution is 5.48. The number of nitro groups is 1. The predicted molar refractivity (Wildman–Crippen MR) is 79.8 cm³/mol. The molecule has 0 aromatic heterocycles. The molecule has 2 aromatic rings. The van der Waals surface area contributed by atoms with Gasteiger partial charge in [-0.1, -0.05) is 0 Å². The van der Waals surface area contributed by atoms with Crippen molar-refractivity contribution in [2.75, 3.05) is 5.73 Å². The molecule has 0 aliphatic heterocycles. The molecule has 0 spiro atoms. The van der Waals surface area contributed by atoms with Crippen LogP contribution >= 0.6 is 0 Å². The lowest BCUT2D eigenvalue weighted by atomic mass is 10.2. The van der Waals surface area contributed by atoms with Crippen molar-refractivity contribution in [3.63, 3.8) is 0 Å². The summed E-state index contributed by atoms with van der Waals surface area (Å²) >= 11 is 0. The average Bonchev–Trinajstić information content (AvgIpc) is 2.40. The summed E-state index contributed by atoms with van der Waals surface area (Å²) in [4.78, 5) is 10.5. The van der Waals surface area contributed by atoms with Gasteiger partial charge in [-0.25, -0.2) is 0 Å². The Balaban J connectivity index is 2.30. The summed E-state index contributed by atoms with van der Waals surface area (Å²) in [5.41, 5.74) is 6.13. The molecule has 6 heteroatoms. The van der Waals surface area contributed by atoms with Crippen LogP contribution in [0.3, 0.4) is 0 Å². The van der Waals surface area contributed by atoms with Gasteiger partial charge in [-0.15, -0.1) is 0 Å². The van der Waals surface area contributed by atoms with Crippen LogP contribution in [0, 0.1) is 10.1 Å². The first-order valence-corrected chi connectivity index (χ1v) is 6.43. The van der Waals surface area contributed by atoms with E-state index in [-0.39, 0.29) is 11.8 Å². The molecule has 2 N–H and O–H groups in total. The monoisotopic (exact) mass is 288 g/mol. The Morgan fingerprint density at radius 3 is 2.24 bits per heavy atom. The van der Waals surface area contributed by atoms with Gasteiger partial charge in [-0.05, 0) is 38.1 Å². The van der Waals surface area contributed by atoms with E-state index in [2.05, 4.69) is 0 Å². The quantitative estimate of drug-likeness (QED) is 0.514. The zero-order valence-corrected chi connectivity index (χ0v) is 11.8. The Bertz CT molecular complexity index is 639. The molecule has 0 atom stereocenters. The van der Waals surface area contributed by atoms with E-state index < -0.39 is 4.92 Å². The van der Waals surface area contributed by atoms with Gasteiger partial charge < -0.3 is 15.2 Å². The van der Waals surface area contributed by atoms with Gasteiger partial charge in [0.05, 0.1) is 23.2 Å². The zero-order chi connectivity index (χ0) is 15.4. The molecule has 0 amide bonds. The molecule has 0 aliphatic rings. The van der Waals surface area contributed by atoms with Gasteiger partial charge in [0.25, 0.3) is 5.69 Å². The summed E-state index contributed by atoms with van der Waals surface area (Å²) in [6.07, 6.45) is -0.0867. The molecule has 0 radical (unpaired) electrons. The number of rotatable bonds is 5. The number of hydrogen-bond acceptors (Lipinski definition) is 5. The summed E-state index contributed by atoms with van der Waals surface area (Å²) in [6, 6.07) is 11.1. The molecule has 0 fully saturated rings. The van der Waals surface area contributed by atoms with E-state index in [9.17, 15) is 10.1 Å². The maximum atomic E-state index is 11.0. The third-order valence-electron chi connectivity index (χ3n) is 2.56. The number of nitrogen functional groups attached to an aromatic ring is 1. The minimum Gasteiger partial charge on any atom is -0.491 e. The van der Waals surface area contributed by atoms with Crippen molar-refractivity contribution < 1.29 is 14.4 Å². The van der Waals surface area contributed by atoms with Gasteiger partial charge in [0.1, 0.15) is 17.2 Å². The molecular weight excluding hydrogens is 272 g/mol. The molecule has 21 heavy (non-hydrogen) atoms. The van der Waals surface area contributed by atoms with E-state index >= 15 is 0 Å². The Morgan fingerprint density at radius 1 is 1.05 bits per heavy atom. The van der Waals surface area contributed by atoms with Crippen LogP contribution in [-0.2, 0) is 0 Å². The first kappa shape index (κ1) is 14.6. The van der Waals surface area contributed by atoms with E-state index in [4.69, 9.17) is 15.2 Å². The third kappa shape index (κ3) is 4.10. The third-order valence-corrected chi connectivity index (χ3v) is 2.56. The summed E-state index contributed by atoms with van der Waals surface area (Å²) in [6.45, 7) is 3.69. The number of anilines is 1. The predicted octanol–water partition coefficient (Wildman–Crippen LogP) is 3.76. The number of ether oxygens (including phenoxy) is 2. The lowest BCUT2D eigenvalue weighted by Crippen LogP contribution is -2.06. The van der Waals surface area contributed by atoms with Gasteiger partial charge in [0.15, 0.2) is 0 Å². The Kier molecular flexibility index (Phi) is 4.27. The second-order valence-electron chi connectivity index (χ2n) is 4.76. The zero-order valence-electron chi connectivity index (χ0n) is 11.8. The number of hydrogen-bond donors (Lipinski definition) is 1. The summed E-state index contributed by atoms with van der Waals surface area (Å²) in [5, 5.41) is 11.0. The van der Waals surface area contributed by atoms with Gasteiger partial charge in [-0.2, -0.15) is 0 Å². The maximum absolute atomic E-state index is 11.0. The van der Waals surface area contributed by atoms with Crippen molar-refractivity contribution in [2.24, 2.45) is 0 Å². The fourth-order valence-electron chi connectivity index (χ4n) is 1.73. The lowest BCUT2D eigenvalue weighted by Gasteiger charge is -2.12. The molecule has 0 saturated heterocycles. The molecule has 0 bridgehead atoms. The fraction of sp³-hybridized carbons (Fsp3) is 0.200. The van der Waals surface area contributed by atoms with Crippen LogP contribution in [0.2, 0.25) is 0 Å². The van der Waals surface area contributed by atoms with Gasteiger partial charge >= 0.3 is 0 Å². The van der Waals surface area contributed by atoms with Gasteiger partial charge in [0, 0.05) is 11.8 Å². The summed E-state index contributed by atoms with van der Waals surface area (Å²) in [5.74, 6) is 1.27. The van der Waals surface area contributed by atoms with E-state index in [1.54, 1.807) is 30.3 Å². The molecule has 0 saturated carbocycles. The molecule has 0 heterocycles. The smallest absolute Gasteiger partial charge is 0.276 e. The summed E-state index contributed by atoms with van der Waals surface area (Å²) in [7, 11) is 0. The minimum absolute atomic E-state index is 0.0846. The highest BCUT2D eigenvalue weighted by Gasteiger charge is 2.13. The number of nitrogens with two attached hydrogens (primary N) is 1. The number of nitrogens with zero attached hydrogens (tertiary/aromatic N) is 1. The van der Waals surface area contributed by atoms with E-state index in [1.807, 2.05) is 13.8 Å². The van der Waals surface area contributed by atoms with Crippen molar-refractivity contribution in [1.82, 2.24) is 0 Å². The Morgan fingerprint density at radius 2 is 1.67 bits per heavy atom. The Hall–Kier alpha value is -2.76. The Labute approximate surface area is 122 Å². The van der Waals surface area contributed by atoms with Crippen LogP contribution in [0.5, 0.6) is 17.2 Å². The number of non-ortho nitro benzene ring substituents is 1. The first-order chi connectivity index (χ1) is 9.94. The standard InChI is InChI=1S/C15H16N2O4/c1-10(2)20-14-7-12(17(18)19)8-15(9-14)21-13-5-3-11(16)4-6-13/h3-10H,16H2,1-2H3. The lowest BCUT2D eigenvalue weighted by molar-refractivity contribution is -0.385. The molecular formula is C15H16N2O4. The minimum atomic E-state index is -0.483. The topological polar surface area (TPSA) is 87.6 Å². The second-order valence-corrected chi connectivity index (χ2v) is 4.76. The van der Waals surface area contributed by atoms with Crippen LogP contribution < -0.4 is 15.2 Å². The number of benzene rings is 2. The molecule has 110 valence electrons. The van der Waals surface area contributed by atoms with E-state index in [1.165, 1.54) is 12.1 Å². The van der Waals surface area contributed by atoms with Crippen molar-refractivity contribution in [2.45, 2.75) is 20.0 Å². The van der Waals surface area contributed by atoms with Gasteiger partial charge in [-0.3, -0.25) is 10.1 Å². The highest BCUT2D eigenvalue weighted by atomic mass is 16.6. The van der Waals surface area contributed by atoms with Crippen LogP contribution in [0.1, 0.15) is 13.8 Å². The molecule has 6 nitrogen and oxygen atoms in total. The van der Waals surface area contributed by atoms with E-state index in [0.717, 1.165) is 0 Å². The molecule has 0 aliphatic carbocycles. The maximum Gasteiger partial charge on any atom is 0.276 e. The van der Waals surface area contributed by atoms with Crippen molar-refractivity contribution in [3.05, 3.63) is 52.6 Å². The van der Waals surface area contributed by atoms with Crippen molar-refractivity contribution in [1.29, 1.82) is 0 Å². The molecule has 0 unspecified atom stereocenters. The van der Waals surface area contributed by atoms with Crippen molar-refractivity contribution >= 4 is 11.4 Å². The average molecular weight is 288 g/mol. The first-order valence-electron chi connectivity index (χ1n) is 6.43. The van der Waals surface area contributed by atoms with Crippen LogP contribution in [0.25, 0.3) is 0 Å². The largest absolute Gasteiger partial charge is 0.491 e. The van der Waals surface area contributed by atoms with Gasteiger partial charge in [0.2, 0.25) is 0 Å². The van der Waals surface area contributed by atoms with E-state index in [0.29, 0.717) is 22.9 Å². The molecule has 2 aromatic carbocycles. The molecule has 2 rings (SSSR count). The van der Waals surface area contributed by atoms with Crippen LogP contribution in [0.15, 0.2) is 42.5 Å². The normalized spacial score (nSPS) is 10.4. The summed E-state index contributed by atoms with van der Waals surface area (Å²) < 4.78 is 11.1. The fourth-order valence-corrected chi connectivity index (χ4v) is 1.73. The van der Waals surface area contributed by atoms with Crippen LogP contribution in [0.4, 0.5) is 11.4 Å². The highest BCUT2D eigenvalue weighted by Crippen LogP contribution is 2.31. The van der Waals surface area contributed by atoms with Crippen LogP contribution in [-0.4, -0.2) is 11.0 Å². The second kappa shape index (κ2) is 6.13. The SMILES string of the molecule is CC(C)Oc1cc(Oc2ccc(N)cc2)cc([N+](=O)[O-])c1.